The van der Waals surface area contributed by atoms with Gasteiger partial charge < -0.3 is 5.32 Å². The van der Waals surface area contributed by atoms with Crippen molar-refractivity contribution in [2.75, 3.05) is 0 Å². The average molecular weight is 263 g/mol. The maximum Gasteiger partial charge on any atom is 0.0560 e. The minimum Gasteiger partial charge on any atom is -0.310 e. The first-order valence-corrected chi connectivity index (χ1v) is 7.88. The maximum absolute atomic E-state index is 4.28. The van der Waals surface area contributed by atoms with Gasteiger partial charge in [-0.3, -0.25) is 4.68 Å². The van der Waals surface area contributed by atoms with Crippen LogP contribution < -0.4 is 5.32 Å². The minimum absolute atomic E-state index is 0.500. The Morgan fingerprint density at radius 1 is 1.21 bits per heavy atom. The van der Waals surface area contributed by atoms with Gasteiger partial charge >= 0.3 is 0 Å². The molecular weight excluding hydrogens is 234 g/mol. The van der Waals surface area contributed by atoms with Crippen molar-refractivity contribution in [3.63, 3.8) is 0 Å². The van der Waals surface area contributed by atoms with Crippen molar-refractivity contribution in [1.82, 2.24) is 15.1 Å². The predicted molar refractivity (Wildman–Crippen MR) is 80.0 cm³/mol. The van der Waals surface area contributed by atoms with E-state index in [1.54, 1.807) is 0 Å². The fourth-order valence-corrected chi connectivity index (χ4v) is 3.31. The van der Waals surface area contributed by atoms with E-state index < -0.39 is 0 Å². The Morgan fingerprint density at radius 2 is 2.05 bits per heavy atom. The molecule has 1 aromatic heterocycles. The highest BCUT2D eigenvalue weighted by Gasteiger charge is 2.21. The average Bonchev–Trinajstić information content (AvgIpc) is 2.73. The Labute approximate surface area is 117 Å². The Morgan fingerprint density at radius 3 is 2.74 bits per heavy atom. The van der Waals surface area contributed by atoms with Crippen LogP contribution in [0.5, 0.6) is 0 Å². The SMILES string of the molecule is CC(Cn1cccn1)NC1CCCC(C(C)C)CC1. The van der Waals surface area contributed by atoms with Crippen molar-refractivity contribution >= 4 is 0 Å². The molecule has 108 valence electrons. The van der Waals surface area contributed by atoms with Crippen LogP contribution in [0.1, 0.15) is 52.9 Å². The van der Waals surface area contributed by atoms with Crippen LogP contribution in [0, 0.1) is 11.8 Å². The van der Waals surface area contributed by atoms with Crippen LogP contribution in [-0.4, -0.2) is 21.9 Å². The Bertz CT molecular complexity index is 345. The summed E-state index contributed by atoms with van der Waals surface area (Å²) in [6, 6.07) is 3.20. The standard InChI is InChI=1S/C16H29N3/c1-13(2)15-6-4-7-16(9-8-15)18-14(3)12-19-11-5-10-17-19/h5,10-11,13-16,18H,4,6-9,12H2,1-3H3. The zero-order valence-electron chi connectivity index (χ0n) is 12.7. The fourth-order valence-electron chi connectivity index (χ4n) is 3.31. The van der Waals surface area contributed by atoms with Crippen molar-refractivity contribution in [3.8, 4) is 0 Å². The second-order valence-electron chi connectivity index (χ2n) is 6.51. The Hall–Kier alpha value is -0.830. The largest absolute Gasteiger partial charge is 0.310 e. The molecule has 19 heavy (non-hydrogen) atoms. The zero-order valence-corrected chi connectivity index (χ0v) is 12.7. The molecule has 0 amide bonds. The van der Waals surface area contributed by atoms with Gasteiger partial charge in [-0.1, -0.05) is 26.7 Å². The number of nitrogens with zero attached hydrogens (tertiary/aromatic N) is 2. The smallest absolute Gasteiger partial charge is 0.0560 e. The normalized spacial score (nSPS) is 26.3. The van der Waals surface area contributed by atoms with Crippen LogP contribution in [0.4, 0.5) is 0 Å². The van der Waals surface area contributed by atoms with E-state index in [0.29, 0.717) is 12.1 Å². The molecule has 3 heteroatoms. The maximum atomic E-state index is 4.28. The number of nitrogens with one attached hydrogen (secondary N) is 1. The lowest BCUT2D eigenvalue weighted by molar-refractivity contribution is 0.330. The summed E-state index contributed by atoms with van der Waals surface area (Å²) in [5.74, 6) is 1.79. The summed E-state index contributed by atoms with van der Waals surface area (Å²) in [4.78, 5) is 0. The molecule has 1 saturated carbocycles. The summed E-state index contributed by atoms with van der Waals surface area (Å²) in [6.45, 7) is 7.99. The first-order valence-electron chi connectivity index (χ1n) is 7.88. The molecule has 1 heterocycles. The van der Waals surface area contributed by atoms with Crippen LogP contribution in [-0.2, 0) is 6.54 Å². The quantitative estimate of drug-likeness (QED) is 0.824. The second kappa shape index (κ2) is 7.09. The summed E-state index contributed by atoms with van der Waals surface area (Å²) in [5, 5.41) is 8.08. The summed E-state index contributed by atoms with van der Waals surface area (Å²) >= 11 is 0. The molecule has 2 rings (SSSR count). The topological polar surface area (TPSA) is 29.9 Å². The van der Waals surface area contributed by atoms with Gasteiger partial charge in [-0.25, -0.2) is 0 Å². The molecule has 3 unspecified atom stereocenters. The van der Waals surface area contributed by atoms with Gasteiger partial charge in [-0.2, -0.15) is 5.10 Å². The highest BCUT2D eigenvalue weighted by molar-refractivity contribution is 4.81. The third kappa shape index (κ3) is 4.64. The van der Waals surface area contributed by atoms with E-state index in [1.807, 2.05) is 23.1 Å². The first kappa shape index (κ1) is 14.6. The lowest BCUT2D eigenvalue weighted by atomic mass is 9.89. The lowest BCUT2D eigenvalue weighted by Gasteiger charge is -2.22. The summed E-state index contributed by atoms with van der Waals surface area (Å²) in [7, 11) is 0. The van der Waals surface area contributed by atoms with Crippen LogP contribution in [0.2, 0.25) is 0 Å². The van der Waals surface area contributed by atoms with E-state index in [1.165, 1.54) is 32.1 Å². The van der Waals surface area contributed by atoms with Crippen LogP contribution in [0.25, 0.3) is 0 Å². The number of hydrogen-bond donors (Lipinski definition) is 1. The lowest BCUT2D eigenvalue weighted by Crippen LogP contribution is -2.38. The third-order valence-corrected chi connectivity index (χ3v) is 4.50. The van der Waals surface area contributed by atoms with E-state index in [-0.39, 0.29) is 0 Å². The monoisotopic (exact) mass is 263 g/mol. The van der Waals surface area contributed by atoms with Crippen molar-refractivity contribution < 1.29 is 0 Å². The molecule has 3 nitrogen and oxygen atoms in total. The number of aromatic nitrogens is 2. The number of hydrogen-bond acceptors (Lipinski definition) is 2. The van der Waals surface area contributed by atoms with Gasteiger partial charge in [0.25, 0.3) is 0 Å². The van der Waals surface area contributed by atoms with Gasteiger partial charge in [-0.15, -0.1) is 0 Å². The van der Waals surface area contributed by atoms with E-state index in [4.69, 9.17) is 0 Å². The van der Waals surface area contributed by atoms with Crippen molar-refractivity contribution in [1.29, 1.82) is 0 Å². The fraction of sp³-hybridized carbons (Fsp3) is 0.812. The van der Waals surface area contributed by atoms with Crippen molar-refractivity contribution in [3.05, 3.63) is 18.5 Å². The molecule has 0 bridgehead atoms. The highest BCUT2D eigenvalue weighted by Crippen LogP contribution is 2.28. The Kier molecular flexibility index (Phi) is 5.44. The first-order chi connectivity index (χ1) is 9.15. The van der Waals surface area contributed by atoms with Gasteiger partial charge in [0, 0.05) is 24.5 Å². The zero-order chi connectivity index (χ0) is 13.7. The van der Waals surface area contributed by atoms with Gasteiger partial charge in [0.1, 0.15) is 0 Å². The van der Waals surface area contributed by atoms with Crippen molar-refractivity contribution in [2.24, 2.45) is 11.8 Å². The van der Waals surface area contributed by atoms with Crippen LogP contribution in [0.15, 0.2) is 18.5 Å². The molecule has 1 aromatic rings. The van der Waals surface area contributed by atoms with Crippen molar-refractivity contribution in [2.45, 2.75) is 71.5 Å². The summed E-state index contributed by atoms with van der Waals surface area (Å²) in [5.41, 5.74) is 0. The molecular formula is C16H29N3. The minimum atomic E-state index is 0.500. The summed E-state index contributed by atoms with van der Waals surface area (Å²) in [6.07, 6.45) is 10.8. The molecule has 0 aliphatic heterocycles. The van der Waals surface area contributed by atoms with Gasteiger partial charge in [0.05, 0.1) is 6.54 Å². The molecule has 1 N–H and O–H groups in total. The van der Waals surface area contributed by atoms with Gasteiger partial charge in [-0.05, 0) is 44.1 Å². The molecule has 3 atom stereocenters. The predicted octanol–water partition coefficient (Wildman–Crippen LogP) is 3.47. The molecule has 0 aromatic carbocycles. The molecule has 1 aliphatic rings. The molecule has 1 fully saturated rings. The van der Waals surface area contributed by atoms with Crippen LogP contribution in [0.3, 0.4) is 0 Å². The van der Waals surface area contributed by atoms with E-state index in [2.05, 4.69) is 31.2 Å². The van der Waals surface area contributed by atoms with E-state index in [9.17, 15) is 0 Å². The van der Waals surface area contributed by atoms with E-state index >= 15 is 0 Å². The number of rotatable bonds is 5. The van der Waals surface area contributed by atoms with E-state index in [0.717, 1.165) is 18.4 Å². The molecule has 0 radical (unpaired) electrons. The molecule has 0 saturated heterocycles. The van der Waals surface area contributed by atoms with Gasteiger partial charge in [0.15, 0.2) is 0 Å². The molecule has 0 spiro atoms. The third-order valence-electron chi connectivity index (χ3n) is 4.50. The summed E-state index contributed by atoms with van der Waals surface area (Å²) < 4.78 is 2.02. The Balaban J connectivity index is 1.76. The highest BCUT2D eigenvalue weighted by atomic mass is 15.3. The van der Waals surface area contributed by atoms with Crippen LogP contribution >= 0.6 is 0 Å². The molecule has 1 aliphatic carbocycles. The second-order valence-corrected chi connectivity index (χ2v) is 6.51. The van der Waals surface area contributed by atoms with Gasteiger partial charge in [0.2, 0.25) is 0 Å².